The van der Waals surface area contributed by atoms with Crippen molar-refractivity contribution < 1.29 is 4.74 Å². The number of hydrogen-bond acceptors (Lipinski definition) is 6. The van der Waals surface area contributed by atoms with Crippen LogP contribution >= 0.6 is 11.8 Å². The number of thioether (sulfide) groups is 1. The van der Waals surface area contributed by atoms with Crippen LogP contribution in [0.2, 0.25) is 0 Å². The van der Waals surface area contributed by atoms with Gasteiger partial charge >= 0.3 is 0 Å². The van der Waals surface area contributed by atoms with Crippen molar-refractivity contribution in [1.29, 1.82) is 0 Å². The lowest BCUT2D eigenvalue weighted by Crippen LogP contribution is -2.20. The van der Waals surface area contributed by atoms with Crippen molar-refractivity contribution in [2.45, 2.75) is 25.0 Å². The van der Waals surface area contributed by atoms with Gasteiger partial charge in [-0.05, 0) is 23.4 Å². The fraction of sp³-hybridized carbons (Fsp3) is 0.889. The third kappa shape index (κ3) is 4.91. The van der Waals surface area contributed by atoms with Crippen LogP contribution in [0.3, 0.4) is 0 Å². The van der Waals surface area contributed by atoms with E-state index in [-0.39, 0.29) is 0 Å². The summed E-state index contributed by atoms with van der Waals surface area (Å²) >= 11 is 1.67. The highest BCUT2D eigenvalue weighted by Crippen LogP contribution is 2.14. The molecule has 0 bridgehead atoms. The Hall–Kier alpha value is -0.660. The summed E-state index contributed by atoms with van der Waals surface area (Å²) in [5.41, 5.74) is 0. The average Bonchev–Trinajstić information content (AvgIpc) is 2.73. The number of likely N-dealkylation sites (N-methyl/N-ethyl adjacent to an activating group) is 1. The summed E-state index contributed by atoms with van der Waals surface area (Å²) in [6.45, 7) is 5.55. The molecule has 0 aliphatic rings. The number of tetrazole rings is 1. The Morgan fingerprint density at radius 3 is 3.12 bits per heavy atom. The van der Waals surface area contributed by atoms with E-state index in [1.54, 1.807) is 18.9 Å². The Labute approximate surface area is 100 Å². The van der Waals surface area contributed by atoms with Gasteiger partial charge in [-0.2, -0.15) is 0 Å². The highest BCUT2D eigenvalue weighted by molar-refractivity contribution is 7.99. The molecular formula is C9H19N5OS. The van der Waals surface area contributed by atoms with Crippen molar-refractivity contribution in [3.05, 3.63) is 0 Å². The van der Waals surface area contributed by atoms with Gasteiger partial charge in [-0.15, -0.1) is 5.10 Å². The van der Waals surface area contributed by atoms with Gasteiger partial charge in [0.2, 0.25) is 5.16 Å². The molecule has 0 fully saturated rings. The summed E-state index contributed by atoms with van der Waals surface area (Å²) in [6.07, 6.45) is 1.02. The van der Waals surface area contributed by atoms with Crippen molar-refractivity contribution in [3.63, 3.8) is 0 Å². The van der Waals surface area contributed by atoms with Crippen LogP contribution in [0.4, 0.5) is 0 Å². The fourth-order valence-corrected chi connectivity index (χ4v) is 1.98. The molecular weight excluding hydrogens is 226 g/mol. The molecule has 0 spiro atoms. The van der Waals surface area contributed by atoms with Crippen LogP contribution in [0.5, 0.6) is 0 Å². The van der Waals surface area contributed by atoms with Gasteiger partial charge in [-0.1, -0.05) is 18.7 Å². The molecule has 1 heterocycles. The lowest BCUT2D eigenvalue weighted by molar-refractivity contribution is 0.200. The Morgan fingerprint density at radius 1 is 1.50 bits per heavy atom. The number of ether oxygens (including phenoxy) is 1. The van der Waals surface area contributed by atoms with E-state index in [1.165, 1.54) is 0 Å². The average molecular weight is 245 g/mol. The van der Waals surface area contributed by atoms with Crippen LogP contribution < -0.4 is 5.32 Å². The first-order valence-electron chi connectivity index (χ1n) is 5.47. The van der Waals surface area contributed by atoms with Crippen LogP contribution in [0.15, 0.2) is 5.16 Å². The van der Waals surface area contributed by atoms with Gasteiger partial charge in [0, 0.05) is 26.0 Å². The van der Waals surface area contributed by atoms with Crippen LogP contribution in [0.25, 0.3) is 0 Å². The molecule has 16 heavy (non-hydrogen) atoms. The second-order valence-electron chi connectivity index (χ2n) is 3.23. The van der Waals surface area contributed by atoms with E-state index in [9.17, 15) is 0 Å². The summed E-state index contributed by atoms with van der Waals surface area (Å²) in [4.78, 5) is 0. The summed E-state index contributed by atoms with van der Waals surface area (Å²) < 4.78 is 6.82. The van der Waals surface area contributed by atoms with Crippen molar-refractivity contribution in [1.82, 2.24) is 25.5 Å². The first kappa shape index (κ1) is 13.4. The van der Waals surface area contributed by atoms with Gasteiger partial charge in [-0.3, -0.25) is 0 Å². The molecule has 1 rings (SSSR count). The standard InChI is InChI=1S/C9H19N5OS/c1-3-10-5-6-14-9(11-12-13-14)16-8-4-7-15-2/h10H,3-8H2,1-2H3. The molecule has 1 aromatic heterocycles. The highest BCUT2D eigenvalue weighted by atomic mass is 32.2. The topological polar surface area (TPSA) is 64.9 Å². The zero-order chi connectivity index (χ0) is 11.6. The normalized spacial score (nSPS) is 10.9. The number of methoxy groups -OCH3 is 1. The molecule has 0 amide bonds. The number of hydrogen-bond donors (Lipinski definition) is 1. The smallest absolute Gasteiger partial charge is 0.209 e. The first-order chi connectivity index (χ1) is 7.88. The number of nitrogens with zero attached hydrogens (tertiary/aromatic N) is 4. The van der Waals surface area contributed by atoms with Gasteiger partial charge in [-0.25, -0.2) is 4.68 Å². The Balaban J connectivity index is 2.26. The molecule has 0 radical (unpaired) electrons. The minimum Gasteiger partial charge on any atom is -0.385 e. The molecule has 6 nitrogen and oxygen atoms in total. The van der Waals surface area contributed by atoms with Crippen LogP contribution in [0.1, 0.15) is 13.3 Å². The zero-order valence-corrected chi connectivity index (χ0v) is 10.7. The van der Waals surface area contributed by atoms with Gasteiger partial charge in [0.05, 0.1) is 6.54 Å². The Kier molecular flexibility index (Phi) is 7.11. The third-order valence-electron chi connectivity index (χ3n) is 1.97. The zero-order valence-electron chi connectivity index (χ0n) is 9.85. The van der Waals surface area contributed by atoms with E-state index in [4.69, 9.17) is 4.74 Å². The minimum absolute atomic E-state index is 0.784. The van der Waals surface area contributed by atoms with Crippen LogP contribution in [-0.4, -0.2) is 52.8 Å². The summed E-state index contributed by atoms with van der Waals surface area (Å²) in [6, 6.07) is 0. The molecule has 0 aliphatic carbocycles. The first-order valence-corrected chi connectivity index (χ1v) is 6.45. The molecule has 92 valence electrons. The van der Waals surface area contributed by atoms with E-state index in [0.29, 0.717) is 0 Å². The van der Waals surface area contributed by atoms with Crippen molar-refractivity contribution in [3.8, 4) is 0 Å². The summed E-state index contributed by atoms with van der Waals surface area (Å²) in [7, 11) is 1.71. The van der Waals surface area contributed by atoms with Crippen LogP contribution in [0, 0.1) is 0 Å². The third-order valence-corrected chi connectivity index (χ3v) is 3.02. The van der Waals surface area contributed by atoms with Gasteiger partial charge in [0.25, 0.3) is 0 Å². The van der Waals surface area contributed by atoms with Crippen molar-refractivity contribution in [2.75, 3.05) is 32.6 Å². The van der Waals surface area contributed by atoms with Gasteiger partial charge < -0.3 is 10.1 Å². The van der Waals surface area contributed by atoms with E-state index in [1.807, 2.05) is 4.68 Å². The summed E-state index contributed by atoms with van der Waals surface area (Å²) in [5, 5.41) is 15.7. The maximum Gasteiger partial charge on any atom is 0.209 e. The molecule has 1 aromatic rings. The highest BCUT2D eigenvalue weighted by Gasteiger charge is 2.05. The monoisotopic (exact) mass is 245 g/mol. The quantitative estimate of drug-likeness (QED) is 0.502. The SMILES string of the molecule is CCNCCn1nnnc1SCCCOC. The number of nitrogens with one attached hydrogen (secondary N) is 1. The van der Waals surface area contributed by atoms with E-state index in [0.717, 1.165) is 43.6 Å². The Morgan fingerprint density at radius 2 is 2.38 bits per heavy atom. The second kappa shape index (κ2) is 8.49. The minimum atomic E-state index is 0.784. The summed E-state index contributed by atoms with van der Waals surface area (Å²) in [5.74, 6) is 0.982. The molecule has 1 N–H and O–H groups in total. The molecule has 0 saturated heterocycles. The van der Waals surface area contributed by atoms with E-state index < -0.39 is 0 Å². The fourth-order valence-electron chi connectivity index (χ4n) is 1.17. The van der Waals surface area contributed by atoms with E-state index in [2.05, 4.69) is 27.8 Å². The molecule has 0 unspecified atom stereocenters. The second-order valence-corrected chi connectivity index (χ2v) is 4.30. The maximum absolute atomic E-state index is 4.99. The van der Waals surface area contributed by atoms with Gasteiger partial charge in [0.15, 0.2) is 0 Å². The lowest BCUT2D eigenvalue weighted by atomic mass is 10.5. The largest absolute Gasteiger partial charge is 0.385 e. The molecule has 0 aliphatic heterocycles. The molecule has 0 atom stereocenters. The maximum atomic E-state index is 4.99. The predicted octanol–water partition coefficient (Wildman–Crippen LogP) is 0.411. The molecule has 7 heteroatoms. The lowest BCUT2D eigenvalue weighted by Gasteiger charge is -2.04. The van der Waals surface area contributed by atoms with Crippen molar-refractivity contribution in [2.24, 2.45) is 0 Å². The number of rotatable bonds is 9. The van der Waals surface area contributed by atoms with Crippen molar-refractivity contribution >= 4 is 11.8 Å². The number of aromatic nitrogens is 4. The molecule has 0 saturated carbocycles. The predicted molar refractivity (Wildman–Crippen MR) is 63.6 cm³/mol. The molecule has 0 aromatic carbocycles. The van der Waals surface area contributed by atoms with Gasteiger partial charge in [0.1, 0.15) is 0 Å². The van der Waals surface area contributed by atoms with E-state index >= 15 is 0 Å². The van der Waals surface area contributed by atoms with Crippen LogP contribution in [-0.2, 0) is 11.3 Å². The Bertz CT molecular complexity index is 281.